The zero-order valence-electron chi connectivity index (χ0n) is 13.4. The number of methoxy groups -OCH3 is 1. The molecule has 0 fully saturated rings. The highest BCUT2D eigenvalue weighted by Crippen LogP contribution is 2.32. The molecule has 0 unspecified atom stereocenters. The molecule has 7 heteroatoms. The van der Waals surface area contributed by atoms with Crippen LogP contribution in [-0.2, 0) is 6.18 Å². The maximum Gasteiger partial charge on any atom is 0.416 e. The molecule has 130 valence electrons. The average Bonchev–Trinajstić information content (AvgIpc) is 2.99. The third-order valence-corrected chi connectivity index (χ3v) is 3.75. The van der Waals surface area contributed by atoms with E-state index in [1.165, 1.54) is 19.2 Å². The van der Waals surface area contributed by atoms with E-state index in [0.717, 1.165) is 17.7 Å². The van der Waals surface area contributed by atoms with Crippen LogP contribution in [0.25, 0.3) is 11.0 Å². The number of carbonyl (C=O) groups excluding carboxylic acids is 1. The molecule has 1 amide bonds. The maximum absolute atomic E-state index is 12.8. The second kappa shape index (κ2) is 6.16. The van der Waals surface area contributed by atoms with Crippen molar-refractivity contribution in [1.82, 2.24) is 0 Å². The van der Waals surface area contributed by atoms with E-state index in [4.69, 9.17) is 9.15 Å². The molecule has 0 saturated heterocycles. The summed E-state index contributed by atoms with van der Waals surface area (Å²) in [5.74, 6) is 0.0430. The molecular formula is C18H14F3NO3. The Morgan fingerprint density at radius 2 is 1.88 bits per heavy atom. The molecule has 0 bridgehead atoms. The number of alkyl halides is 3. The van der Waals surface area contributed by atoms with Crippen molar-refractivity contribution in [2.24, 2.45) is 0 Å². The monoisotopic (exact) mass is 349 g/mol. The molecule has 0 spiro atoms. The molecule has 3 rings (SSSR count). The van der Waals surface area contributed by atoms with E-state index in [0.29, 0.717) is 11.4 Å². The van der Waals surface area contributed by atoms with Gasteiger partial charge in [0.2, 0.25) is 0 Å². The second-order valence-electron chi connectivity index (χ2n) is 5.50. The smallest absolute Gasteiger partial charge is 0.416 e. The molecule has 0 saturated carbocycles. The Hall–Kier alpha value is -2.96. The van der Waals surface area contributed by atoms with Gasteiger partial charge in [-0.05, 0) is 55.0 Å². The molecule has 25 heavy (non-hydrogen) atoms. The number of carbonyl (C=O) groups is 1. The summed E-state index contributed by atoms with van der Waals surface area (Å²) in [6.07, 6.45) is -4.45. The number of rotatable bonds is 3. The van der Waals surface area contributed by atoms with E-state index < -0.39 is 17.6 Å². The van der Waals surface area contributed by atoms with Crippen LogP contribution in [0.2, 0.25) is 0 Å². The molecule has 0 radical (unpaired) electrons. The highest BCUT2D eigenvalue weighted by atomic mass is 19.4. The summed E-state index contributed by atoms with van der Waals surface area (Å²) in [6.45, 7) is 1.80. The summed E-state index contributed by atoms with van der Waals surface area (Å²) in [5.41, 5.74) is 0.758. The highest BCUT2D eigenvalue weighted by molar-refractivity contribution is 6.05. The molecule has 1 aromatic heterocycles. The molecule has 2 aromatic carbocycles. The first-order valence-corrected chi connectivity index (χ1v) is 7.35. The van der Waals surface area contributed by atoms with Crippen LogP contribution in [0.15, 0.2) is 46.9 Å². The van der Waals surface area contributed by atoms with Gasteiger partial charge in [-0.1, -0.05) is 0 Å². The molecular weight excluding hydrogens is 335 g/mol. The number of hydrogen-bond donors (Lipinski definition) is 1. The van der Waals surface area contributed by atoms with Crippen molar-refractivity contribution in [3.05, 3.63) is 59.4 Å². The zero-order valence-corrected chi connectivity index (χ0v) is 13.4. The van der Waals surface area contributed by atoms with Crippen molar-refractivity contribution >= 4 is 22.6 Å². The van der Waals surface area contributed by atoms with Gasteiger partial charge in [0.05, 0.1) is 12.7 Å². The van der Waals surface area contributed by atoms with Crippen LogP contribution in [0.1, 0.15) is 21.7 Å². The van der Waals surface area contributed by atoms with Gasteiger partial charge in [0.1, 0.15) is 11.3 Å². The topological polar surface area (TPSA) is 51.5 Å². The van der Waals surface area contributed by atoms with Crippen molar-refractivity contribution < 1.29 is 27.1 Å². The van der Waals surface area contributed by atoms with Gasteiger partial charge in [0, 0.05) is 11.1 Å². The first-order chi connectivity index (χ1) is 11.8. The van der Waals surface area contributed by atoms with Crippen LogP contribution < -0.4 is 10.1 Å². The van der Waals surface area contributed by atoms with Gasteiger partial charge in [-0.2, -0.15) is 13.2 Å². The van der Waals surface area contributed by atoms with Crippen molar-refractivity contribution in [2.45, 2.75) is 13.1 Å². The lowest BCUT2D eigenvalue weighted by atomic mass is 10.1. The molecule has 3 aromatic rings. The Balaban J connectivity index is 1.87. The van der Waals surface area contributed by atoms with E-state index in [9.17, 15) is 18.0 Å². The van der Waals surface area contributed by atoms with Crippen LogP contribution in [0.5, 0.6) is 5.75 Å². The lowest BCUT2D eigenvalue weighted by Crippen LogP contribution is -2.11. The summed E-state index contributed by atoms with van der Waals surface area (Å²) in [4.78, 5) is 12.3. The second-order valence-corrected chi connectivity index (χ2v) is 5.50. The number of hydrogen-bond acceptors (Lipinski definition) is 3. The molecule has 0 aliphatic carbocycles. The Labute approximate surface area is 141 Å². The lowest BCUT2D eigenvalue weighted by molar-refractivity contribution is -0.137. The highest BCUT2D eigenvalue weighted by Gasteiger charge is 2.30. The zero-order chi connectivity index (χ0) is 18.2. The predicted molar refractivity (Wildman–Crippen MR) is 86.9 cm³/mol. The fourth-order valence-electron chi connectivity index (χ4n) is 2.42. The fourth-order valence-corrected chi connectivity index (χ4v) is 2.42. The summed E-state index contributed by atoms with van der Waals surface area (Å²) in [5, 5.41) is 2.89. The number of nitrogens with one attached hydrogen (secondary N) is 1. The third kappa shape index (κ3) is 3.45. The number of amides is 1. The lowest BCUT2D eigenvalue weighted by Gasteiger charge is -2.08. The normalized spacial score (nSPS) is 11.6. The Morgan fingerprint density at radius 3 is 2.52 bits per heavy atom. The third-order valence-electron chi connectivity index (χ3n) is 3.75. The number of fused-ring (bicyclic) bond motifs is 1. The van der Waals surface area contributed by atoms with Gasteiger partial charge in [-0.15, -0.1) is 0 Å². The Kier molecular flexibility index (Phi) is 4.16. The molecule has 4 nitrogen and oxygen atoms in total. The van der Waals surface area contributed by atoms with Crippen LogP contribution in [-0.4, -0.2) is 13.0 Å². The standard InChI is InChI=1S/C18H14F3NO3/c1-10-7-13(24-2)4-5-14(10)22-17(23)16-9-11-8-12(18(19,20)21)3-6-15(11)25-16/h3-9H,1-2H3,(H,22,23). The van der Waals surface area contributed by atoms with Gasteiger partial charge >= 0.3 is 6.18 Å². The van der Waals surface area contributed by atoms with Gasteiger partial charge in [0.25, 0.3) is 5.91 Å². The number of furan rings is 1. The summed E-state index contributed by atoms with van der Waals surface area (Å²) < 4.78 is 48.7. The minimum Gasteiger partial charge on any atom is -0.497 e. The van der Waals surface area contributed by atoms with E-state index in [-0.39, 0.29) is 16.7 Å². The number of anilines is 1. The van der Waals surface area contributed by atoms with E-state index in [1.807, 2.05) is 0 Å². The number of halogens is 3. The Morgan fingerprint density at radius 1 is 1.12 bits per heavy atom. The predicted octanol–water partition coefficient (Wildman–Crippen LogP) is 5.02. The van der Waals surface area contributed by atoms with E-state index in [2.05, 4.69) is 5.32 Å². The first-order valence-electron chi connectivity index (χ1n) is 7.35. The van der Waals surface area contributed by atoms with Crippen LogP contribution in [0, 0.1) is 6.92 Å². The summed E-state index contributed by atoms with van der Waals surface area (Å²) in [6, 6.07) is 9.49. The minimum absolute atomic E-state index is 0.0652. The van der Waals surface area contributed by atoms with Crippen LogP contribution >= 0.6 is 0 Å². The molecule has 1 N–H and O–H groups in total. The van der Waals surface area contributed by atoms with Crippen LogP contribution in [0.3, 0.4) is 0 Å². The van der Waals surface area contributed by atoms with Crippen molar-refractivity contribution in [3.8, 4) is 5.75 Å². The van der Waals surface area contributed by atoms with Crippen molar-refractivity contribution in [1.29, 1.82) is 0 Å². The molecule has 0 aliphatic heterocycles. The minimum atomic E-state index is -4.45. The quantitative estimate of drug-likeness (QED) is 0.722. The van der Waals surface area contributed by atoms with Gasteiger partial charge in [0.15, 0.2) is 5.76 Å². The van der Waals surface area contributed by atoms with Gasteiger partial charge in [-0.25, -0.2) is 0 Å². The molecule has 1 heterocycles. The largest absolute Gasteiger partial charge is 0.497 e. The van der Waals surface area contributed by atoms with Crippen LogP contribution in [0.4, 0.5) is 18.9 Å². The number of ether oxygens (including phenoxy) is 1. The van der Waals surface area contributed by atoms with E-state index >= 15 is 0 Å². The fraction of sp³-hybridized carbons (Fsp3) is 0.167. The van der Waals surface area contributed by atoms with Crippen molar-refractivity contribution in [2.75, 3.05) is 12.4 Å². The Bertz CT molecular complexity index is 944. The van der Waals surface area contributed by atoms with Gasteiger partial charge < -0.3 is 14.5 Å². The SMILES string of the molecule is COc1ccc(NC(=O)c2cc3cc(C(F)(F)F)ccc3o2)c(C)c1. The first kappa shape index (κ1) is 16.9. The summed E-state index contributed by atoms with van der Waals surface area (Å²) in [7, 11) is 1.54. The van der Waals surface area contributed by atoms with Crippen molar-refractivity contribution in [3.63, 3.8) is 0 Å². The average molecular weight is 349 g/mol. The molecule has 0 aliphatic rings. The summed E-state index contributed by atoms with van der Waals surface area (Å²) >= 11 is 0. The van der Waals surface area contributed by atoms with E-state index in [1.54, 1.807) is 25.1 Å². The number of aryl methyl sites for hydroxylation is 1. The number of benzene rings is 2. The van der Waals surface area contributed by atoms with Gasteiger partial charge in [-0.3, -0.25) is 4.79 Å². The maximum atomic E-state index is 12.8. The molecule has 0 atom stereocenters.